The molecule has 2 aliphatic carbocycles. The van der Waals surface area contributed by atoms with Crippen LogP contribution in [0.25, 0.3) is 27.8 Å². The van der Waals surface area contributed by atoms with E-state index in [4.69, 9.17) is 0 Å². The van der Waals surface area contributed by atoms with Gasteiger partial charge in [-0.3, -0.25) is 0 Å². The van der Waals surface area contributed by atoms with Gasteiger partial charge in [-0.25, -0.2) is 0 Å². The number of benzene rings is 5. The monoisotopic (exact) mass is 631 g/mol. The third-order valence-corrected chi connectivity index (χ3v) is 9.15. The average molecular weight is 633 g/mol. The zero-order valence-electron chi connectivity index (χ0n) is 24.6. The fraction of sp³-hybridized carbons (Fsp3) is 0.0952. The van der Waals surface area contributed by atoms with Crippen LogP contribution in [0.4, 0.5) is 11.4 Å². The van der Waals surface area contributed by atoms with Crippen molar-refractivity contribution in [3.8, 4) is 22.3 Å². The van der Waals surface area contributed by atoms with Crippen molar-refractivity contribution in [1.82, 2.24) is 0 Å². The Bertz CT molecular complexity index is 1860. The number of rotatable bonds is 7. The summed E-state index contributed by atoms with van der Waals surface area (Å²) in [5.74, 6) is 0.448. The molecule has 0 radical (unpaired) electrons. The van der Waals surface area contributed by atoms with Gasteiger partial charge in [0.05, 0.1) is 0 Å². The molecular weight excluding hydrogens is 598 g/mol. The number of hydrogen-bond donors (Lipinski definition) is 0. The molecule has 0 heterocycles. The number of halogens is 1. The van der Waals surface area contributed by atoms with Crippen molar-refractivity contribution in [1.29, 1.82) is 0 Å². The molecule has 7 rings (SSSR count). The molecular formula is C42H34BrN. The Kier molecular flexibility index (Phi) is 8.26. The normalized spacial score (nSPS) is 15.9. The van der Waals surface area contributed by atoms with Crippen molar-refractivity contribution in [2.45, 2.75) is 25.2 Å². The van der Waals surface area contributed by atoms with Crippen molar-refractivity contribution in [3.63, 3.8) is 0 Å². The summed E-state index contributed by atoms with van der Waals surface area (Å²) in [6, 6.07) is 46.2. The van der Waals surface area contributed by atoms with Crippen LogP contribution in [0.3, 0.4) is 0 Å². The first kappa shape index (κ1) is 28.1. The zero-order chi connectivity index (χ0) is 29.7. The van der Waals surface area contributed by atoms with E-state index in [9.17, 15) is 0 Å². The van der Waals surface area contributed by atoms with Crippen molar-refractivity contribution in [3.05, 3.63) is 185 Å². The van der Waals surface area contributed by atoms with Crippen LogP contribution in [0.15, 0.2) is 174 Å². The van der Waals surface area contributed by atoms with Gasteiger partial charge < -0.3 is 4.90 Å². The Morgan fingerprint density at radius 3 is 1.84 bits per heavy atom. The van der Waals surface area contributed by atoms with Gasteiger partial charge in [-0.2, -0.15) is 0 Å². The molecule has 1 unspecified atom stereocenters. The van der Waals surface area contributed by atoms with Crippen LogP contribution < -0.4 is 4.90 Å². The minimum Gasteiger partial charge on any atom is -0.314 e. The molecule has 0 aromatic heterocycles. The van der Waals surface area contributed by atoms with Gasteiger partial charge in [0.15, 0.2) is 0 Å². The summed E-state index contributed by atoms with van der Waals surface area (Å²) in [4.78, 5) is 2.41. The highest BCUT2D eigenvalue weighted by molar-refractivity contribution is 9.10. The van der Waals surface area contributed by atoms with E-state index in [1.54, 1.807) is 0 Å². The highest BCUT2D eigenvalue weighted by atomic mass is 79.9. The molecule has 2 heteroatoms. The second-order valence-corrected chi connectivity index (χ2v) is 12.3. The quantitative estimate of drug-likeness (QED) is 0.173. The van der Waals surface area contributed by atoms with E-state index in [1.165, 1.54) is 56.0 Å². The Balaban J connectivity index is 1.24. The van der Waals surface area contributed by atoms with Gasteiger partial charge in [-0.05, 0) is 107 Å². The second-order valence-electron chi connectivity index (χ2n) is 11.4. The van der Waals surface area contributed by atoms with Crippen LogP contribution in [0.5, 0.6) is 0 Å². The molecule has 0 saturated heterocycles. The van der Waals surface area contributed by atoms with Gasteiger partial charge in [0.1, 0.15) is 0 Å². The first-order chi connectivity index (χ1) is 21.7. The lowest BCUT2D eigenvalue weighted by atomic mass is 9.88. The van der Waals surface area contributed by atoms with E-state index in [1.807, 2.05) is 0 Å². The lowest BCUT2D eigenvalue weighted by Crippen LogP contribution is -2.18. The van der Waals surface area contributed by atoms with E-state index in [2.05, 4.69) is 185 Å². The number of allylic oxidation sites excluding steroid dienone is 8. The molecule has 0 bridgehead atoms. The maximum absolute atomic E-state index is 3.62. The van der Waals surface area contributed by atoms with Crippen LogP contribution in [0, 0.1) is 0 Å². The molecule has 5 aromatic rings. The third-order valence-electron chi connectivity index (χ3n) is 8.62. The van der Waals surface area contributed by atoms with Crippen molar-refractivity contribution < 1.29 is 0 Å². The molecule has 0 fully saturated rings. The molecule has 0 amide bonds. The molecule has 0 saturated carbocycles. The summed E-state index contributed by atoms with van der Waals surface area (Å²) in [6.45, 7) is 0. The fourth-order valence-corrected chi connectivity index (χ4v) is 6.56. The number of anilines is 2. The summed E-state index contributed by atoms with van der Waals surface area (Å²) in [6.07, 6.45) is 16.5. The molecule has 1 nitrogen and oxygen atoms in total. The largest absolute Gasteiger partial charge is 0.314 e. The second kappa shape index (κ2) is 12.9. The van der Waals surface area contributed by atoms with Crippen LogP contribution >= 0.6 is 15.9 Å². The molecule has 44 heavy (non-hydrogen) atoms. The van der Waals surface area contributed by atoms with E-state index in [0.717, 1.165) is 23.7 Å². The SMILES string of the molecule is Brc1ccc(N(C2=CC=C(c3ccc(-c4ccccc4)c(-c4ccccc4)c3)CC2)c2ccc(C3C=CC=CC3)cc2)cc1. The molecule has 0 aliphatic heterocycles. The maximum atomic E-state index is 3.62. The summed E-state index contributed by atoms with van der Waals surface area (Å²) in [5, 5.41) is 0. The predicted octanol–water partition coefficient (Wildman–Crippen LogP) is 12.3. The lowest BCUT2D eigenvalue weighted by Gasteiger charge is -2.30. The number of nitrogens with zero attached hydrogens (tertiary/aromatic N) is 1. The maximum Gasteiger partial charge on any atom is 0.0459 e. The highest BCUT2D eigenvalue weighted by Crippen LogP contribution is 2.40. The van der Waals surface area contributed by atoms with Crippen LogP contribution in [0.2, 0.25) is 0 Å². The Hall–Kier alpha value is -4.66. The van der Waals surface area contributed by atoms with Crippen molar-refractivity contribution >= 4 is 32.9 Å². The van der Waals surface area contributed by atoms with Gasteiger partial charge in [0.25, 0.3) is 0 Å². The standard InChI is InChI=1S/C42H34BrN/c43-37-21-27-40(28-22-37)44(38-23-16-32(17-24-38)31-10-4-1-5-11-31)39-25-18-33(19-26-39)36-20-29-41(34-12-6-2-7-13-34)42(30-36)35-14-8-3-9-15-35/h1-10,12-18,20-25,27-31H,11,19,26H2. The smallest absolute Gasteiger partial charge is 0.0459 e. The van der Waals surface area contributed by atoms with Crippen LogP contribution in [-0.2, 0) is 0 Å². The minimum absolute atomic E-state index is 0.448. The van der Waals surface area contributed by atoms with E-state index >= 15 is 0 Å². The van der Waals surface area contributed by atoms with Gasteiger partial charge >= 0.3 is 0 Å². The lowest BCUT2D eigenvalue weighted by molar-refractivity contribution is 0.853. The molecule has 5 aromatic carbocycles. The minimum atomic E-state index is 0.448. The first-order valence-electron chi connectivity index (χ1n) is 15.4. The first-order valence-corrected chi connectivity index (χ1v) is 16.2. The van der Waals surface area contributed by atoms with E-state index in [-0.39, 0.29) is 0 Å². The van der Waals surface area contributed by atoms with Crippen molar-refractivity contribution in [2.75, 3.05) is 4.90 Å². The molecule has 0 N–H and O–H groups in total. The Morgan fingerprint density at radius 1 is 0.568 bits per heavy atom. The van der Waals surface area contributed by atoms with Crippen molar-refractivity contribution in [2.24, 2.45) is 0 Å². The zero-order valence-corrected chi connectivity index (χ0v) is 26.2. The summed E-state index contributed by atoms with van der Waals surface area (Å²) >= 11 is 3.62. The summed E-state index contributed by atoms with van der Waals surface area (Å²) in [5.41, 5.74) is 12.7. The molecule has 0 spiro atoms. The fourth-order valence-electron chi connectivity index (χ4n) is 6.29. The number of hydrogen-bond acceptors (Lipinski definition) is 1. The predicted molar refractivity (Wildman–Crippen MR) is 191 cm³/mol. The molecule has 214 valence electrons. The van der Waals surface area contributed by atoms with Crippen LogP contribution in [-0.4, -0.2) is 0 Å². The molecule has 2 aliphatic rings. The van der Waals surface area contributed by atoms with E-state index in [0.29, 0.717) is 5.92 Å². The third kappa shape index (κ3) is 6.04. The Labute approximate surface area is 269 Å². The summed E-state index contributed by atoms with van der Waals surface area (Å²) < 4.78 is 1.08. The van der Waals surface area contributed by atoms with Crippen LogP contribution in [0.1, 0.15) is 36.3 Å². The van der Waals surface area contributed by atoms with Gasteiger partial charge in [-0.1, -0.05) is 131 Å². The molecule has 1 atom stereocenters. The topological polar surface area (TPSA) is 3.24 Å². The highest BCUT2D eigenvalue weighted by Gasteiger charge is 2.20. The Morgan fingerprint density at radius 2 is 1.23 bits per heavy atom. The summed E-state index contributed by atoms with van der Waals surface area (Å²) in [7, 11) is 0. The van der Waals surface area contributed by atoms with Gasteiger partial charge in [0.2, 0.25) is 0 Å². The van der Waals surface area contributed by atoms with Gasteiger partial charge in [-0.15, -0.1) is 0 Å². The van der Waals surface area contributed by atoms with E-state index < -0.39 is 0 Å². The average Bonchev–Trinajstić information content (AvgIpc) is 3.11. The van der Waals surface area contributed by atoms with Gasteiger partial charge in [0, 0.05) is 27.5 Å².